The summed E-state index contributed by atoms with van der Waals surface area (Å²) in [6, 6.07) is 14.6. The topological polar surface area (TPSA) is 34.1 Å². The molecule has 98 valence electrons. The Hall–Kier alpha value is -1.26. The minimum Gasteiger partial charge on any atom is -0.293 e. The van der Waals surface area contributed by atoms with Crippen LogP contribution in [0.15, 0.2) is 57.9 Å². The Morgan fingerprint density at radius 2 is 1.89 bits per heavy atom. The molecule has 2 nitrogen and oxygen atoms in total. The molecule has 0 fully saturated rings. The molecule has 4 heteroatoms. The molecule has 2 rings (SSSR count). The number of hydrogen-bond donors (Lipinski definition) is 0. The van der Waals surface area contributed by atoms with Gasteiger partial charge in [0.15, 0.2) is 5.78 Å². The smallest absolute Gasteiger partial charge is 0.175 e. The number of benzene rings is 2. The number of ketones is 1. The van der Waals surface area contributed by atoms with Gasteiger partial charge < -0.3 is 0 Å². The standard InChI is InChI=1S/C15H13BrO2S/c1-11-5-4-6-12(9-11)14(17)10-19(18)15-8-3-2-7-13(15)16/h2-9H,10H2,1H3. The van der Waals surface area contributed by atoms with Crippen LogP contribution in [0, 0.1) is 6.92 Å². The van der Waals surface area contributed by atoms with E-state index in [2.05, 4.69) is 15.9 Å². The number of Topliss-reactive ketones (excluding diaryl/α,β-unsaturated/α-hetero) is 1. The van der Waals surface area contributed by atoms with Crippen LogP contribution in [-0.2, 0) is 10.8 Å². The van der Waals surface area contributed by atoms with Gasteiger partial charge in [0.25, 0.3) is 0 Å². The maximum absolute atomic E-state index is 12.2. The van der Waals surface area contributed by atoms with Crippen LogP contribution in [0.3, 0.4) is 0 Å². The maximum atomic E-state index is 12.2. The Morgan fingerprint density at radius 3 is 2.58 bits per heavy atom. The summed E-state index contributed by atoms with van der Waals surface area (Å²) in [5, 5.41) is 0. The van der Waals surface area contributed by atoms with Crippen molar-refractivity contribution in [2.24, 2.45) is 0 Å². The number of carbonyl (C=O) groups excluding carboxylic acids is 1. The molecule has 0 aliphatic carbocycles. The van der Waals surface area contributed by atoms with Gasteiger partial charge in [-0.15, -0.1) is 0 Å². The first kappa shape index (κ1) is 14.2. The number of rotatable bonds is 4. The average molecular weight is 337 g/mol. The van der Waals surface area contributed by atoms with Crippen molar-refractivity contribution < 1.29 is 9.00 Å². The fraction of sp³-hybridized carbons (Fsp3) is 0.133. The summed E-state index contributed by atoms with van der Waals surface area (Å²) >= 11 is 3.35. The highest BCUT2D eigenvalue weighted by atomic mass is 79.9. The Kier molecular flexibility index (Phi) is 4.66. The number of halogens is 1. The van der Waals surface area contributed by atoms with Crippen LogP contribution >= 0.6 is 15.9 Å². The molecule has 0 saturated heterocycles. The number of aryl methyl sites for hydroxylation is 1. The fourth-order valence-electron chi connectivity index (χ4n) is 1.73. The number of carbonyl (C=O) groups is 1. The highest BCUT2D eigenvalue weighted by molar-refractivity contribution is 9.10. The molecular weight excluding hydrogens is 324 g/mol. The van der Waals surface area contributed by atoms with Crippen molar-refractivity contribution in [3.8, 4) is 0 Å². The van der Waals surface area contributed by atoms with Gasteiger partial charge in [-0.3, -0.25) is 9.00 Å². The molecule has 0 heterocycles. The molecular formula is C15H13BrO2S. The van der Waals surface area contributed by atoms with Crippen molar-refractivity contribution in [3.05, 3.63) is 64.1 Å². The highest BCUT2D eigenvalue weighted by Gasteiger charge is 2.14. The van der Waals surface area contributed by atoms with E-state index in [1.54, 1.807) is 12.1 Å². The lowest BCUT2D eigenvalue weighted by atomic mass is 10.1. The second-order valence-electron chi connectivity index (χ2n) is 4.21. The second-order valence-corrected chi connectivity index (χ2v) is 6.49. The predicted molar refractivity (Wildman–Crippen MR) is 80.9 cm³/mol. The summed E-state index contributed by atoms with van der Waals surface area (Å²) < 4.78 is 13.0. The van der Waals surface area contributed by atoms with Crippen molar-refractivity contribution in [3.63, 3.8) is 0 Å². The van der Waals surface area contributed by atoms with Crippen molar-refractivity contribution in [2.75, 3.05) is 5.75 Å². The predicted octanol–water partition coefficient (Wildman–Crippen LogP) is 3.75. The van der Waals surface area contributed by atoms with E-state index in [0.717, 1.165) is 10.0 Å². The first-order valence-electron chi connectivity index (χ1n) is 5.80. The van der Waals surface area contributed by atoms with E-state index >= 15 is 0 Å². The van der Waals surface area contributed by atoms with Gasteiger partial charge in [-0.25, -0.2) is 0 Å². The monoisotopic (exact) mass is 336 g/mol. The van der Waals surface area contributed by atoms with E-state index in [1.807, 2.05) is 43.3 Å². The summed E-state index contributed by atoms with van der Waals surface area (Å²) in [6.07, 6.45) is 0. The largest absolute Gasteiger partial charge is 0.293 e. The lowest BCUT2D eigenvalue weighted by Crippen LogP contribution is -2.11. The number of hydrogen-bond acceptors (Lipinski definition) is 2. The lowest BCUT2D eigenvalue weighted by Gasteiger charge is -2.05. The van der Waals surface area contributed by atoms with E-state index < -0.39 is 10.8 Å². The molecule has 2 aromatic rings. The van der Waals surface area contributed by atoms with Gasteiger partial charge in [-0.05, 0) is 41.1 Å². The maximum Gasteiger partial charge on any atom is 0.175 e. The van der Waals surface area contributed by atoms with Gasteiger partial charge in [0.05, 0.1) is 21.4 Å². The summed E-state index contributed by atoms with van der Waals surface area (Å²) in [6.45, 7) is 1.93. The first-order valence-corrected chi connectivity index (χ1v) is 7.92. The minimum atomic E-state index is -1.33. The summed E-state index contributed by atoms with van der Waals surface area (Å²) in [5.41, 5.74) is 1.64. The Balaban J connectivity index is 2.16. The normalized spacial score (nSPS) is 12.1. The lowest BCUT2D eigenvalue weighted by molar-refractivity contribution is 0.102. The fourth-order valence-corrected chi connectivity index (χ4v) is 3.63. The molecule has 0 aliphatic heterocycles. The van der Waals surface area contributed by atoms with Crippen molar-refractivity contribution in [2.45, 2.75) is 11.8 Å². The summed E-state index contributed by atoms with van der Waals surface area (Å²) in [4.78, 5) is 12.7. The molecule has 0 bridgehead atoms. The molecule has 1 atom stereocenters. The molecule has 0 aromatic heterocycles. The molecule has 0 radical (unpaired) electrons. The zero-order valence-corrected chi connectivity index (χ0v) is 12.8. The van der Waals surface area contributed by atoms with E-state index in [0.29, 0.717) is 10.5 Å². The van der Waals surface area contributed by atoms with E-state index in [9.17, 15) is 9.00 Å². The van der Waals surface area contributed by atoms with Crippen molar-refractivity contribution in [1.82, 2.24) is 0 Å². The zero-order valence-electron chi connectivity index (χ0n) is 10.4. The second kappa shape index (κ2) is 6.26. The van der Waals surface area contributed by atoms with Crippen LogP contribution in [0.25, 0.3) is 0 Å². The van der Waals surface area contributed by atoms with Gasteiger partial charge in [-0.2, -0.15) is 0 Å². The van der Waals surface area contributed by atoms with Gasteiger partial charge in [-0.1, -0.05) is 35.9 Å². The molecule has 0 amide bonds. The van der Waals surface area contributed by atoms with Gasteiger partial charge in [0.2, 0.25) is 0 Å². The molecule has 0 N–H and O–H groups in total. The molecule has 2 aromatic carbocycles. The van der Waals surface area contributed by atoms with Crippen molar-refractivity contribution >= 4 is 32.5 Å². The summed E-state index contributed by atoms with van der Waals surface area (Å²) in [5.74, 6) is -0.0933. The van der Waals surface area contributed by atoms with Crippen molar-refractivity contribution in [1.29, 1.82) is 0 Å². The van der Waals surface area contributed by atoms with Crippen LogP contribution in [0.1, 0.15) is 15.9 Å². The molecule has 0 aliphatic rings. The quantitative estimate of drug-likeness (QED) is 0.797. The van der Waals surface area contributed by atoms with Gasteiger partial charge >= 0.3 is 0 Å². The third-order valence-electron chi connectivity index (χ3n) is 2.68. The molecule has 0 spiro atoms. The van der Waals surface area contributed by atoms with Gasteiger partial charge in [0, 0.05) is 10.0 Å². The van der Waals surface area contributed by atoms with E-state index in [-0.39, 0.29) is 11.5 Å². The SMILES string of the molecule is Cc1cccc(C(=O)CS(=O)c2ccccc2Br)c1. The van der Waals surface area contributed by atoms with Crippen LogP contribution in [0.2, 0.25) is 0 Å². The Bertz CT molecular complexity index is 638. The van der Waals surface area contributed by atoms with Gasteiger partial charge in [0.1, 0.15) is 0 Å². The molecule has 1 unspecified atom stereocenters. The van der Waals surface area contributed by atoms with Crippen LogP contribution in [0.5, 0.6) is 0 Å². The van der Waals surface area contributed by atoms with Crippen LogP contribution in [0.4, 0.5) is 0 Å². The summed E-state index contributed by atoms with van der Waals surface area (Å²) in [7, 11) is -1.33. The van der Waals surface area contributed by atoms with Crippen LogP contribution in [-0.4, -0.2) is 15.7 Å². The third-order valence-corrected chi connectivity index (χ3v) is 5.01. The third kappa shape index (κ3) is 3.61. The van der Waals surface area contributed by atoms with E-state index in [1.165, 1.54) is 0 Å². The minimum absolute atomic E-state index is 0.00602. The Labute approximate surface area is 123 Å². The molecule has 19 heavy (non-hydrogen) atoms. The van der Waals surface area contributed by atoms with Crippen LogP contribution < -0.4 is 0 Å². The van der Waals surface area contributed by atoms with E-state index in [4.69, 9.17) is 0 Å². The zero-order chi connectivity index (χ0) is 13.8. The highest BCUT2D eigenvalue weighted by Crippen LogP contribution is 2.20. The Morgan fingerprint density at radius 1 is 1.16 bits per heavy atom. The molecule has 0 saturated carbocycles. The first-order chi connectivity index (χ1) is 9.08. The average Bonchev–Trinajstić information content (AvgIpc) is 2.39.